The molecule has 1 heterocycles. The van der Waals surface area contributed by atoms with Crippen LogP contribution in [0.2, 0.25) is 0 Å². The van der Waals surface area contributed by atoms with Crippen molar-refractivity contribution >= 4 is 17.1 Å². The van der Waals surface area contributed by atoms with Crippen molar-refractivity contribution in [2.45, 2.75) is 6.92 Å². The summed E-state index contributed by atoms with van der Waals surface area (Å²) in [7, 11) is 0. The molecule has 0 aromatic heterocycles. The lowest BCUT2D eigenvalue weighted by molar-refractivity contribution is -0.383. The maximum absolute atomic E-state index is 10.8. The van der Waals surface area contributed by atoms with Crippen molar-refractivity contribution < 1.29 is 9.66 Å². The second-order valence-corrected chi connectivity index (χ2v) is 4.00. The predicted molar refractivity (Wildman–Crippen MR) is 65.3 cm³/mol. The summed E-state index contributed by atoms with van der Waals surface area (Å²) in [6, 6.07) is 3.22. The fraction of sp³-hybridized carbons (Fsp3) is 0.455. The highest BCUT2D eigenvalue weighted by molar-refractivity contribution is 5.73. The van der Waals surface area contributed by atoms with E-state index < -0.39 is 4.92 Å². The van der Waals surface area contributed by atoms with Crippen molar-refractivity contribution in [2.75, 3.05) is 36.9 Å². The summed E-state index contributed by atoms with van der Waals surface area (Å²) in [5, 5.41) is 10.8. The van der Waals surface area contributed by atoms with Crippen LogP contribution in [0.5, 0.6) is 0 Å². The minimum Gasteiger partial charge on any atom is -0.393 e. The van der Waals surface area contributed by atoms with Crippen LogP contribution in [0, 0.1) is 17.0 Å². The third kappa shape index (κ3) is 2.16. The molecule has 0 saturated carbocycles. The van der Waals surface area contributed by atoms with Gasteiger partial charge >= 0.3 is 0 Å². The molecular formula is C11H15N3O3. The highest BCUT2D eigenvalue weighted by Gasteiger charge is 2.19. The maximum Gasteiger partial charge on any atom is 0.292 e. The van der Waals surface area contributed by atoms with E-state index in [4.69, 9.17) is 10.5 Å². The molecule has 0 bridgehead atoms. The molecule has 1 aromatic carbocycles. The topological polar surface area (TPSA) is 81.6 Å². The SMILES string of the molecule is Cc1c(N2CCOCC2)ccc([N+](=O)[O-])c1N. The molecule has 2 rings (SSSR count). The summed E-state index contributed by atoms with van der Waals surface area (Å²) in [4.78, 5) is 12.4. The zero-order chi connectivity index (χ0) is 12.4. The lowest BCUT2D eigenvalue weighted by atomic mass is 10.1. The van der Waals surface area contributed by atoms with Gasteiger partial charge in [0, 0.05) is 30.4 Å². The predicted octanol–water partition coefficient (Wildman–Crippen LogP) is 1.32. The summed E-state index contributed by atoms with van der Waals surface area (Å²) >= 11 is 0. The first kappa shape index (κ1) is 11.7. The number of ether oxygens (including phenoxy) is 1. The van der Waals surface area contributed by atoms with Gasteiger partial charge in [-0.1, -0.05) is 0 Å². The van der Waals surface area contributed by atoms with Crippen molar-refractivity contribution in [1.82, 2.24) is 0 Å². The molecule has 1 aliphatic rings. The lowest BCUT2D eigenvalue weighted by Gasteiger charge is -2.30. The zero-order valence-electron chi connectivity index (χ0n) is 9.68. The van der Waals surface area contributed by atoms with Gasteiger partial charge in [-0.3, -0.25) is 10.1 Å². The van der Waals surface area contributed by atoms with Gasteiger partial charge < -0.3 is 15.4 Å². The molecule has 0 aliphatic carbocycles. The summed E-state index contributed by atoms with van der Waals surface area (Å²) in [5.74, 6) is 0. The number of nitro groups is 1. The normalized spacial score (nSPS) is 15.9. The van der Waals surface area contributed by atoms with E-state index in [1.165, 1.54) is 6.07 Å². The second-order valence-electron chi connectivity index (χ2n) is 4.00. The van der Waals surface area contributed by atoms with Crippen molar-refractivity contribution in [3.63, 3.8) is 0 Å². The Labute approximate surface area is 99.1 Å². The van der Waals surface area contributed by atoms with Gasteiger partial charge in [-0.05, 0) is 13.0 Å². The van der Waals surface area contributed by atoms with Gasteiger partial charge in [-0.15, -0.1) is 0 Å². The zero-order valence-corrected chi connectivity index (χ0v) is 9.68. The van der Waals surface area contributed by atoms with Gasteiger partial charge in [-0.25, -0.2) is 0 Å². The molecule has 2 N–H and O–H groups in total. The van der Waals surface area contributed by atoms with Crippen molar-refractivity contribution in [3.8, 4) is 0 Å². The molecule has 6 heteroatoms. The smallest absolute Gasteiger partial charge is 0.292 e. The maximum atomic E-state index is 10.8. The number of nitro benzene ring substituents is 1. The Hall–Kier alpha value is -1.82. The van der Waals surface area contributed by atoms with Gasteiger partial charge in [0.2, 0.25) is 0 Å². The van der Waals surface area contributed by atoms with E-state index in [0.717, 1.165) is 24.3 Å². The molecule has 0 spiro atoms. The highest BCUT2D eigenvalue weighted by Crippen LogP contribution is 2.32. The largest absolute Gasteiger partial charge is 0.393 e. The van der Waals surface area contributed by atoms with E-state index in [9.17, 15) is 10.1 Å². The van der Waals surface area contributed by atoms with E-state index in [1.54, 1.807) is 6.07 Å². The first-order valence-electron chi connectivity index (χ1n) is 5.47. The Morgan fingerprint density at radius 3 is 2.65 bits per heavy atom. The van der Waals surface area contributed by atoms with E-state index in [0.29, 0.717) is 13.2 Å². The van der Waals surface area contributed by atoms with Gasteiger partial charge in [-0.2, -0.15) is 0 Å². The first-order chi connectivity index (χ1) is 8.11. The van der Waals surface area contributed by atoms with Crippen LogP contribution in [0.25, 0.3) is 0 Å². The fourth-order valence-corrected chi connectivity index (χ4v) is 2.01. The Morgan fingerprint density at radius 2 is 2.06 bits per heavy atom. The molecule has 1 saturated heterocycles. The van der Waals surface area contributed by atoms with Crippen molar-refractivity contribution in [2.24, 2.45) is 0 Å². The van der Waals surface area contributed by atoms with Crippen LogP contribution in [0.3, 0.4) is 0 Å². The number of hydrogen-bond donors (Lipinski definition) is 1. The molecule has 0 radical (unpaired) electrons. The minimum absolute atomic E-state index is 0.0282. The number of morpholine rings is 1. The van der Waals surface area contributed by atoms with Crippen molar-refractivity contribution in [3.05, 3.63) is 27.8 Å². The number of anilines is 2. The molecule has 0 atom stereocenters. The van der Waals surface area contributed by atoms with Crippen LogP contribution in [0.1, 0.15) is 5.56 Å². The third-order valence-corrected chi connectivity index (χ3v) is 3.01. The van der Waals surface area contributed by atoms with Gasteiger partial charge in [0.1, 0.15) is 5.69 Å². The minimum atomic E-state index is -0.453. The number of nitrogen functional groups attached to an aromatic ring is 1. The number of rotatable bonds is 2. The number of hydrogen-bond acceptors (Lipinski definition) is 5. The van der Waals surface area contributed by atoms with Crippen LogP contribution in [-0.4, -0.2) is 31.2 Å². The molecule has 0 unspecified atom stereocenters. The molecule has 1 aliphatic heterocycles. The summed E-state index contributed by atoms with van der Waals surface area (Å²) < 4.78 is 5.27. The van der Waals surface area contributed by atoms with Crippen LogP contribution in [-0.2, 0) is 4.74 Å². The number of nitrogens with two attached hydrogens (primary N) is 1. The Morgan fingerprint density at radius 1 is 1.41 bits per heavy atom. The fourth-order valence-electron chi connectivity index (χ4n) is 2.01. The van der Waals surface area contributed by atoms with E-state index in [1.807, 2.05) is 6.92 Å². The molecule has 92 valence electrons. The molecule has 1 fully saturated rings. The Kier molecular flexibility index (Phi) is 3.14. The first-order valence-corrected chi connectivity index (χ1v) is 5.47. The summed E-state index contributed by atoms with van der Waals surface area (Å²) in [6.45, 7) is 4.75. The lowest BCUT2D eigenvalue weighted by Crippen LogP contribution is -2.36. The van der Waals surface area contributed by atoms with E-state index >= 15 is 0 Å². The van der Waals surface area contributed by atoms with Crippen LogP contribution >= 0.6 is 0 Å². The number of benzene rings is 1. The van der Waals surface area contributed by atoms with E-state index in [-0.39, 0.29) is 11.4 Å². The van der Waals surface area contributed by atoms with Crippen LogP contribution in [0.15, 0.2) is 12.1 Å². The standard InChI is InChI=1S/C11H15N3O3/c1-8-9(13-4-6-17-7-5-13)2-3-10(11(8)12)14(15)16/h2-3H,4-7,12H2,1H3. The van der Waals surface area contributed by atoms with Crippen LogP contribution < -0.4 is 10.6 Å². The van der Waals surface area contributed by atoms with Gasteiger partial charge in [0.05, 0.1) is 18.1 Å². The molecular weight excluding hydrogens is 222 g/mol. The second kappa shape index (κ2) is 4.58. The molecule has 0 amide bonds. The van der Waals surface area contributed by atoms with E-state index in [2.05, 4.69) is 4.90 Å². The van der Waals surface area contributed by atoms with Gasteiger partial charge in [0.25, 0.3) is 5.69 Å². The Balaban J connectivity index is 2.36. The monoisotopic (exact) mass is 237 g/mol. The third-order valence-electron chi connectivity index (χ3n) is 3.01. The molecule has 6 nitrogen and oxygen atoms in total. The summed E-state index contributed by atoms with van der Waals surface area (Å²) in [6.07, 6.45) is 0. The van der Waals surface area contributed by atoms with Crippen molar-refractivity contribution in [1.29, 1.82) is 0 Å². The summed E-state index contributed by atoms with van der Waals surface area (Å²) in [5.41, 5.74) is 7.73. The number of nitrogens with zero attached hydrogens (tertiary/aromatic N) is 2. The Bertz CT molecular complexity index is 442. The quantitative estimate of drug-likeness (QED) is 0.476. The highest BCUT2D eigenvalue weighted by atomic mass is 16.6. The average Bonchev–Trinajstić information content (AvgIpc) is 2.33. The molecule has 1 aromatic rings. The van der Waals surface area contributed by atoms with Crippen LogP contribution in [0.4, 0.5) is 17.1 Å². The molecule has 17 heavy (non-hydrogen) atoms. The van der Waals surface area contributed by atoms with Gasteiger partial charge in [0.15, 0.2) is 0 Å². The average molecular weight is 237 g/mol.